The summed E-state index contributed by atoms with van der Waals surface area (Å²) in [4.78, 5) is 135. The average molecular weight is 2160 g/mol. The predicted octanol–water partition coefficient (Wildman–Crippen LogP) is 8.20. The molecule has 12 rings (SSSR count). The molecule has 6 aromatic carbocycles. The molecule has 0 spiro atoms. The summed E-state index contributed by atoms with van der Waals surface area (Å²) in [7, 11) is 17.3. The third-order valence-electron chi connectivity index (χ3n) is 21.1. The molecule has 6 unspecified atom stereocenters. The first-order chi connectivity index (χ1) is 66.2. The van der Waals surface area contributed by atoms with Crippen molar-refractivity contribution in [1.29, 1.82) is 0 Å². The summed E-state index contributed by atoms with van der Waals surface area (Å²) in [6, 6.07) is 18.7. The van der Waals surface area contributed by atoms with Gasteiger partial charge in [0.1, 0.15) is 89.7 Å². The minimum absolute atomic E-state index is 0. The quantitative estimate of drug-likeness (QED) is 0.00682. The Kier molecular flexibility index (Phi) is 42.9. The highest BCUT2D eigenvalue weighted by Crippen LogP contribution is 2.46. The van der Waals surface area contributed by atoms with Crippen molar-refractivity contribution in [1.82, 2.24) is 29.8 Å². The molecule has 15 atom stereocenters. The molecule has 5 N–H and O–H groups in total. The standard InChI is InChI=1S/C34H36N2O14.C26H28N2O10.C20H18N2O5.C14H19BrO9.2CH4.HI.H2/c1-10-21-23(42-6)12-11-22-27(29(41)20-13-24(43-7)30(45-9)25(14-20)44-8)35-36(28(21)22)34-33(49-19(5)40)32(48-18(4)39)31(47-17(3)38)26(50-34)15-46-16(2)37;1-6-13-15(34-2)8-7-14-19(21(30)12-9-16(35-3)25(37-5)17(10-12)36-4)27-28(20(13)14)26-24(33)23(32)22(31)18(11-29)38-26;1-6-12-14(24-2)8-7-13-17(12)21-22-18(13)19(23)11-9-15(25-3)20(27-5)16(10-11)26-4;1-6(16)20-5-10-11(21-7(2)17)12(22-8(3)18)13(14(15)24-10)23-9(4)19;;;;/h1,11-14,26,31-34H,15H2,2-9H3;1,7-10,18,22-24,26,29,31-33H,11H2,2-5H3;1,7-10H,2-5H3,(H,21,22);10-14H,5H2,1-4H3;2*1H4;2*1H/t26?,31-,32+,33?,34-;18?,22-,23+,24?,26-;;10?,11-,12+,13?,14+;;;;/m11.1..../s1. The van der Waals surface area contributed by atoms with E-state index >= 15 is 0 Å². The van der Waals surface area contributed by atoms with Gasteiger partial charge in [0.25, 0.3) is 0 Å². The zero-order valence-electron chi connectivity index (χ0n) is 79.1. The van der Waals surface area contributed by atoms with Gasteiger partial charge in [-0.15, -0.1) is 43.2 Å². The van der Waals surface area contributed by atoms with Crippen molar-refractivity contribution >= 4 is 138 Å². The zero-order valence-corrected chi connectivity index (χ0v) is 83.0. The fourth-order valence-corrected chi connectivity index (χ4v) is 15.9. The van der Waals surface area contributed by atoms with Crippen molar-refractivity contribution in [3.05, 3.63) is 123 Å². The van der Waals surface area contributed by atoms with Gasteiger partial charge in [-0.25, -0.2) is 9.36 Å². The first-order valence-corrected chi connectivity index (χ1v) is 42.4. The molecular formula is C96H112BrIN6O38. The normalized spacial score (nSPS) is 20.1. The van der Waals surface area contributed by atoms with E-state index in [9.17, 15) is 73.2 Å². The number of esters is 8. The number of nitrogens with one attached hydrogen (secondary N) is 1. The fourth-order valence-electron chi connectivity index (χ4n) is 15.2. The summed E-state index contributed by atoms with van der Waals surface area (Å²) in [5.41, 5.74) is 2.34. The number of aliphatic hydroxyl groups is 4. The number of aliphatic hydroxyl groups excluding tert-OH is 4. The lowest BCUT2D eigenvalue weighted by Crippen LogP contribution is -2.60. The fraction of sp³-hybridized carbons (Fsp3) is 0.417. The monoisotopic (exact) mass is 2160 g/mol. The molecule has 9 aromatic rings. The van der Waals surface area contributed by atoms with Crippen molar-refractivity contribution in [2.75, 3.05) is 105 Å². The van der Waals surface area contributed by atoms with E-state index in [1.165, 1.54) is 128 Å². The number of benzene rings is 6. The van der Waals surface area contributed by atoms with Gasteiger partial charge in [-0.2, -0.15) is 15.3 Å². The number of hydrogen-bond donors (Lipinski definition) is 5. The lowest BCUT2D eigenvalue weighted by molar-refractivity contribution is -0.269. The number of nitrogens with zero attached hydrogens (tertiary/aromatic N) is 5. The Hall–Kier alpha value is -14.3. The topological polar surface area (TPSA) is 545 Å². The van der Waals surface area contributed by atoms with Gasteiger partial charge in [-0.3, -0.25) is 57.8 Å². The smallest absolute Gasteiger partial charge is 0.303 e. The van der Waals surface area contributed by atoms with E-state index in [4.69, 9.17) is 128 Å². The number of H-pyrrole nitrogens is 1. The Balaban J connectivity index is 0.000000346. The van der Waals surface area contributed by atoms with Crippen molar-refractivity contribution in [2.45, 2.75) is 161 Å². The molecule has 142 heavy (non-hydrogen) atoms. The van der Waals surface area contributed by atoms with Crippen LogP contribution in [0.5, 0.6) is 69.0 Å². The lowest BCUT2D eigenvalue weighted by atomic mass is 9.96. The van der Waals surface area contributed by atoms with Crippen molar-refractivity contribution < 1.29 is 184 Å². The second-order valence-corrected chi connectivity index (χ2v) is 30.7. The molecule has 0 aliphatic carbocycles. The third kappa shape index (κ3) is 25.7. The lowest BCUT2D eigenvalue weighted by Gasteiger charge is -2.44. The minimum Gasteiger partial charge on any atom is -0.495 e. The van der Waals surface area contributed by atoms with E-state index in [1.807, 2.05) is 0 Å². The van der Waals surface area contributed by atoms with Gasteiger partial charge in [0.2, 0.25) is 34.6 Å². The summed E-state index contributed by atoms with van der Waals surface area (Å²) >= 11 is 3.18. The van der Waals surface area contributed by atoms with Crippen LogP contribution in [0.3, 0.4) is 0 Å². The molecule has 768 valence electrons. The van der Waals surface area contributed by atoms with Crippen LogP contribution in [0.2, 0.25) is 0 Å². The number of methoxy groups -OCH3 is 12. The molecule has 3 fully saturated rings. The van der Waals surface area contributed by atoms with Crippen molar-refractivity contribution in [3.63, 3.8) is 0 Å². The number of ether oxygens (including phenoxy) is 23. The maximum Gasteiger partial charge on any atom is 0.303 e. The number of fused-ring (bicyclic) bond motifs is 3. The molecule has 46 heteroatoms. The number of carbonyl (C=O) groups is 11. The van der Waals surface area contributed by atoms with Gasteiger partial charge in [-0.1, -0.05) is 48.5 Å². The van der Waals surface area contributed by atoms with E-state index in [0.717, 1.165) is 46.2 Å². The summed E-state index contributed by atoms with van der Waals surface area (Å²) < 4.78 is 127. The van der Waals surface area contributed by atoms with Gasteiger partial charge in [-0.05, 0) is 72.8 Å². The van der Waals surface area contributed by atoms with E-state index in [0.29, 0.717) is 61.9 Å². The van der Waals surface area contributed by atoms with E-state index < -0.39 is 163 Å². The molecule has 0 saturated carbocycles. The van der Waals surface area contributed by atoms with Crippen LogP contribution in [0.1, 0.15) is 149 Å². The maximum absolute atomic E-state index is 14.3. The summed E-state index contributed by atoms with van der Waals surface area (Å²) in [5, 5.41) is 57.4. The molecule has 6 heterocycles. The molecular weight excluding hydrogens is 2050 g/mol. The van der Waals surface area contributed by atoms with Crippen LogP contribution in [-0.4, -0.2) is 299 Å². The van der Waals surface area contributed by atoms with Crippen molar-refractivity contribution in [2.24, 2.45) is 0 Å². The SMILES string of the molecule is C.C.C#Cc1c(OC)ccc2c(C(=O)c3cc(OC)c(OC)c(OC)c3)[nH]nc12.C#Cc1c(OC)ccc2c(C(=O)c3cc(OC)c(OC)c(OC)c3)nn([C@@H]3OC(CO)[C@@H](O)[C@H](O)C3O)c12.C#Cc1c(OC)ccc2c(C(=O)c3cc(OC)c(OC)c(OC)c3)nn([C@@H]3OC(COC(C)=O)[C@@H](OC(C)=O)[C@H](OC(C)=O)C3OC(C)=O)c12.CC(=O)OCC1O[C@H](Br)C(OC(C)=O)[C@@H](OC(C)=O)[C@@H]1OC(C)=O.I.[HH]. The average Bonchev–Trinajstić information content (AvgIpc) is 1.52. The molecule has 3 aliphatic rings. The maximum atomic E-state index is 14.3. The van der Waals surface area contributed by atoms with E-state index in [-0.39, 0.29) is 143 Å². The van der Waals surface area contributed by atoms with Gasteiger partial charge in [0.15, 0.2) is 88.6 Å². The Labute approximate surface area is 841 Å². The van der Waals surface area contributed by atoms with E-state index in [1.54, 1.807) is 48.5 Å². The second-order valence-electron chi connectivity index (χ2n) is 29.8. The Morgan fingerprint density at radius 3 is 1.04 bits per heavy atom. The van der Waals surface area contributed by atoms with Crippen LogP contribution in [0.25, 0.3) is 32.7 Å². The van der Waals surface area contributed by atoms with Crippen LogP contribution in [0.4, 0.5) is 0 Å². The molecule has 3 aliphatic heterocycles. The highest BCUT2D eigenvalue weighted by atomic mass is 127. The van der Waals surface area contributed by atoms with Crippen LogP contribution in [-0.2, 0) is 90.5 Å². The van der Waals surface area contributed by atoms with Crippen molar-refractivity contribution in [3.8, 4) is 106 Å². The molecule has 3 saturated heterocycles. The highest BCUT2D eigenvalue weighted by Gasteiger charge is 2.55. The summed E-state index contributed by atoms with van der Waals surface area (Å²) in [6.07, 6.45) is -1.80. The largest absolute Gasteiger partial charge is 0.495 e. The van der Waals surface area contributed by atoms with Gasteiger partial charge in [0.05, 0.1) is 120 Å². The number of ketones is 3. The van der Waals surface area contributed by atoms with Crippen LogP contribution in [0.15, 0.2) is 72.8 Å². The van der Waals surface area contributed by atoms with Gasteiger partial charge >= 0.3 is 47.8 Å². The summed E-state index contributed by atoms with van der Waals surface area (Å²) in [5.74, 6) is 4.14. The third-order valence-corrected chi connectivity index (χ3v) is 21.9. The number of alkyl halides is 1. The Morgan fingerprint density at radius 1 is 0.387 bits per heavy atom. The first kappa shape index (κ1) is 116. The predicted molar refractivity (Wildman–Crippen MR) is 516 cm³/mol. The number of aromatic amines is 1. The Bertz CT molecular complexity index is 6180. The minimum atomic E-state index is -1.68. The van der Waals surface area contributed by atoms with Crippen LogP contribution in [0, 0.1) is 37.0 Å². The summed E-state index contributed by atoms with van der Waals surface area (Å²) in [6.45, 7) is 7.79. The highest BCUT2D eigenvalue weighted by molar-refractivity contribution is 14.0. The van der Waals surface area contributed by atoms with E-state index in [2.05, 4.69) is 54.1 Å². The number of terminal acetylenes is 3. The molecule has 0 bridgehead atoms. The molecule has 0 radical (unpaired) electrons. The number of halogens is 2. The second kappa shape index (κ2) is 52.3. The molecule has 44 nitrogen and oxygen atoms in total. The van der Waals surface area contributed by atoms with Crippen LogP contribution >= 0.6 is 39.9 Å². The number of rotatable bonds is 31. The molecule has 3 aromatic heterocycles. The first-order valence-electron chi connectivity index (χ1n) is 41.5. The van der Waals surface area contributed by atoms with Crippen LogP contribution < -0.4 is 56.8 Å². The number of hydrogen-bond acceptors (Lipinski definition) is 41. The molecule has 0 amide bonds. The zero-order chi connectivity index (χ0) is 103. The number of aromatic nitrogens is 6. The van der Waals surface area contributed by atoms with Gasteiger partial charge in [0, 0.05) is 89.7 Å². The Morgan fingerprint density at radius 2 is 0.697 bits per heavy atom. The number of carbonyl (C=O) groups excluding carboxylic acids is 11. The van der Waals surface area contributed by atoms with Gasteiger partial charge < -0.3 is 129 Å².